The molecule has 0 aliphatic rings. The first-order valence-corrected chi connectivity index (χ1v) is 6.92. The SMILES string of the molecule is Cc1ccc(Br)cc1C(=O)NCCOCC(C)C. The summed E-state index contributed by atoms with van der Waals surface area (Å²) in [7, 11) is 0. The second-order valence-electron chi connectivity index (χ2n) is 4.68. The van der Waals surface area contributed by atoms with Crippen LogP contribution in [0.2, 0.25) is 0 Å². The van der Waals surface area contributed by atoms with Crippen LogP contribution in [-0.4, -0.2) is 25.7 Å². The molecule has 0 aliphatic heterocycles. The van der Waals surface area contributed by atoms with Gasteiger partial charge in [0.15, 0.2) is 0 Å². The van der Waals surface area contributed by atoms with E-state index in [2.05, 4.69) is 35.1 Å². The summed E-state index contributed by atoms with van der Waals surface area (Å²) in [6, 6.07) is 5.69. The van der Waals surface area contributed by atoms with Crippen molar-refractivity contribution in [3.05, 3.63) is 33.8 Å². The molecule has 18 heavy (non-hydrogen) atoms. The molecule has 0 unspecified atom stereocenters. The maximum absolute atomic E-state index is 11.9. The summed E-state index contributed by atoms with van der Waals surface area (Å²) in [5.41, 5.74) is 1.67. The number of carbonyl (C=O) groups is 1. The summed E-state index contributed by atoms with van der Waals surface area (Å²) >= 11 is 3.37. The zero-order chi connectivity index (χ0) is 13.5. The van der Waals surface area contributed by atoms with Crippen LogP contribution in [0, 0.1) is 12.8 Å². The molecule has 0 saturated carbocycles. The van der Waals surface area contributed by atoms with Crippen molar-refractivity contribution in [2.24, 2.45) is 5.92 Å². The quantitative estimate of drug-likeness (QED) is 0.819. The predicted octanol–water partition coefficient (Wildman–Crippen LogP) is 3.16. The van der Waals surface area contributed by atoms with Crippen molar-refractivity contribution in [2.45, 2.75) is 20.8 Å². The standard InChI is InChI=1S/C14H20BrNO2/c1-10(2)9-18-7-6-16-14(17)13-8-12(15)5-4-11(13)3/h4-5,8,10H,6-7,9H2,1-3H3,(H,16,17). The number of carbonyl (C=O) groups excluding carboxylic acids is 1. The van der Waals surface area contributed by atoms with Gasteiger partial charge in [-0.15, -0.1) is 0 Å². The summed E-state index contributed by atoms with van der Waals surface area (Å²) in [5.74, 6) is 0.468. The molecule has 0 saturated heterocycles. The molecule has 1 aromatic carbocycles. The van der Waals surface area contributed by atoms with Crippen molar-refractivity contribution in [1.82, 2.24) is 5.32 Å². The van der Waals surface area contributed by atoms with Gasteiger partial charge in [0.05, 0.1) is 6.61 Å². The van der Waals surface area contributed by atoms with Crippen LogP contribution in [0.25, 0.3) is 0 Å². The number of benzene rings is 1. The maximum atomic E-state index is 11.9. The van der Waals surface area contributed by atoms with Gasteiger partial charge in [-0.1, -0.05) is 35.8 Å². The lowest BCUT2D eigenvalue weighted by atomic mass is 10.1. The Bertz CT molecular complexity index is 405. The first kappa shape index (κ1) is 15.2. The van der Waals surface area contributed by atoms with Gasteiger partial charge < -0.3 is 10.1 Å². The zero-order valence-corrected chi connectivity index (χ0v) is 12.7. The van der Waals surface area contributed by atoms with Crippen LogP contribution in [0.5, 0.6) is 0 Å². The molecule has 1 rings (SSSR count). The molecule has 0 fully saturated rings. The van der Waals surface area contributed by atoms with Crippen LogP contribution < -0.4 is 5.32 Å². The van der Waals surface area contributed by atoms with E-state index in [0.717, 1.165) is 16.6 Å². The number of aryl methyl sites for hydroxylation is 1. The fourth-order valence-electron chi connectivity index (χ4n) is 1.49. The highest BCUT2D eigenvalue weighted by molar-refractivity contribution is 9.10. The largest absolute Gasteiger partial charge is 0.379 e. The van der Waals surface area contributed by atoms with Crippen LogP contribution in [0.1, 0.15) is 29.8 Å². The lowest BCUT2D eigenvalue weighted by Gasteiger charge is -2.09. The Morgan fingerprint density at radius 3 is 2.83 bits per heavy atom. The van der Waals surface area contributed by atoms with Gasteiger partial charge in [-0.05, 0) is 30.5 Å². The lowest BCUT2D eigenvalue weighted by Crippen LogP contribution is -2.28. The van der Waals surface area contributed by atoms with Gasteiger partial charge in [0.1, 0.15) is 0 Å². The van der Waals surface area contributed by atoms with Gasteiger partial charge >= 0.3 is 0 Å². The monoisotopic (exact) mass is 313 g/mol. The Hall–Kier alpha value is -0.870. The van der Waals surface area contributed by atoms with E-state index in [1.807, 2.05) is 25.1 Å². The average molecular weight is 314 g/mol. The fraction of sp³-hybridized carbons (Fsp3) is 0.500. The van der Waals surface area contributed by atoms with Crippen LogP contribution in [0.4, 0.5) is 0 Å². The summed E-state index contributed by atoms with van der Waals surface area (Å²) in [4.78, 5) is 11.9. The maximum Gasteiger partial charge on any atom is 0.251 e. The first-order chi connectivity index (χ1) is 8.50. The van der Waals surface area contributed by atoms with Crippen LogP contribution >= 0.6 is 15.9 Å². The van der Waals surface area contributed by atoms with Gasteiger partial charge in [-0.2, -0.15) is 0 Å². The molecule has 3 nitrogen and oxygen atoms in total. The molecule has 0 radical (unpaired) electrons. The molecular weight excluding hydrogens is 294 g/mol. The van der Waals surface area contributed by atoms with Crippen molar-refractivity contribution in [2.75, 3.05) is 19.8 Å². The topological polar surface area (TPSA) is 38.3 Å². The number of nitrogens with one attached hydrogen (secondary N) is 1. The Kier molecular flexibility index (Phi) is 6.36. The van der Waals surface area contributed by atoms with E-state index in [1.165, 1.54) is 0 Å². The van der Waals surface area contributed by atoms with Crippen molar-refractivity contribution in [1.29, 1.82) is 0 Å². The smallest absolute Gasteiger partial charge is 0.251 e. The zero-order valence-electron chi connectivity index (χ0n) is 11.1. The van der Waals surface area contributed by atoms with Crippen molar-refractivity contribution in [3.8, 4) is 0 Å². The normalized spacial score (nSPS) is 10.7. The minimum Gasteiger partial charge on any atom is -0.379 e. The number of amides is 1. The van der Waals surface area contributed by atoms with E-state index in [1.54, 1.807) is 0 Å². The lowest BCUT2D eigenvalue weighted by molar-refractivity contribution is 0.0885. The number of hydrogen-bond donors (Lipinski definition) is 1. The van der Waals surface area contributed by atoms with Gasteiger partial charge in [-0.3, -0.25) is 4.79 Å². The van der Waals surface area contributed by atoms with Crippen LogP contribution in [-0.2, 0) is 4.74 Å². The van der Waals surface area contributed by atoms with Gasteiger partial charge in [0, 0.05) is 23.2 Å². The van der Waals surface area contributed by atoms with Gasteiger partial charge in [-0.25, -0.2) is 0 Å². The molecule has 1 N–H and O–H groups in total. The van der Waals surface area contributed by atoms with E-state index in [-0.39, 0.29) is 5.91 Å². The number of ether oxygens (including phenoxy) is 1. The predicted molar refractivity (Wildman–Crippen MR) is 76.9 cm³/mol. The highest BCUT2D eigenvalue weighted by atomic mass is 79.9. The Labute approximate surface area is 117 Å². The highest BCUT2D eigenvalue weighted by Gasteiger charge is 2.08. The van der Waals surface area contributed by atoms with Gasteiger partial charge in [0.25, 0.3) is 5.91 Å². The summed E-state index contributed by atoms with van der Waals surface area (Å²) in [5, 5.41) is 2.86. The van der Waals surface area contributed by atoms with E-state index in [4.69, 9.17) is 4.74 Å². The van der Waals surface area contributed by atoms with Crippen molar-refractivity contribution >= 4 is 21.8 Å². The summed E-state index contributed by atoms with van der Waals surface area (Å²) in [6.45, 7) is 7.95. The summed E-state index contributed by atoms with van der Waals surface area (Å²) < 4.78 is 6.32. The second kappa shape index (κ2) is 7.54. The number of hydrogen-bond acceptors (Lipinski definition) is 2. The molecule has 0 atom stereocenters. The van der Waals surface area contributed by atoms with E-state index < -0.39 is 0 Å². The third-order valence-electron chi connectivity index (χ3n) is 2.43. The minimum atomic E-state index is -0.0538. The van der Waals surface area contributed by atoms with E-state index in [9.17, 15) is 4.79 Å². The van der Waals surface area contributed by atoms with Crippen LogP contribution in [0.3, 0.4) is 0 Å². The Balaban J connectivity index is 2.39. The van der Waals surface area contributed by atoms with E-state index >= 15 is 0 Å². The first-order valence-electron chi connectivity index (χ1n) is 6.12. The second-order valence-corrected chi connectivity index (χ2v) is 5.60. The molecule has 1 aromatic rings. The molecule has 0 aromatic heterocycles. The van der Waals surface area contributed by atoms with Crippen molar-refractivity contribution in [3.63, 3.8) is 0 Å². The molecule has 100 valence electrons. The third kappa shape index (κ3) is 5.19. The molecule has 1 amide bonds. The highest BCUT2D eigenvalue weighted by Crippen LogP contribution is 2.15. The number of rotatable bonds is 6. The third-order valence-corrected chi connectivity index (χ3v) is 2.92. The molecule has 0 bridgehead atoms. The Morgan fingerprint density at radius 1 is 1.44 bits per heavy atom. The fourth-order valence-corrected chi connectivity index (χ4v) is 1.85. The molecular formula is C14H20BrNO2. The van der Waals surface area contributed by atoms with Gasteiger partial charge in [0.2, 0.25) is 0 Å². The van der Waals surface area contributed by atoms with Crippen molar-refractivity contribution < 1.29 is 9.53 Å². The average Bonchev–Trinajstić information content (AvgIpc) is 2.31. The molecule has 4 heteroatoms. The molecule has 0 spiro atoms. The molecule has 0 heterocycles. The Morgan fingerprint density at radius 2 is 2.17 bits per heavy atom. The van der Waals surface area contributed by atoms with Crippen LogP contribution in [0.15, 0.2) is 22.7 Å². The summed E-state index contributed by atoms with van der Waals surface area (Å²) in [6.07, 6.45) is 0. The van der Waals surface area contributed by atoms with E-state index in [0.29, 0.717) is 24.6 Å². The molecule has 0 aliphatic carbocycles. The number of halogens is 1. The minimum absolute atomic E-state index is 0.0538.